The van der Waals surface area contributed by atoms with Crippen molar-refractivity contribution in [1.82, 2.24) is 5.43 Å². The summed E-state index contributed by atoms with van der Waals surface area (Å²) in [6, 6.07) is 7.64. The number of nitrogens with zero attached hydrogens (tertiary/aromatic N) is 1. The predicted molar refractivity (Wildman–Crippen MR) is 79.4 cm³/mol. The Hall–Kier alpha value is -1.33. The lowest BCUT2D eigenvalue weighted by molar-refractivity contribution is 0.415. The molecule has 18 heavy (non-hydrogen) atoms. The van der Waals surface area contributed by atoms with Gasteiger partial charge in [0.15, 0.2) is 5.11 Å². The maximum absolute atomic E-state index is 5.70. The fourth-order valence-electron chi connectivity index (χ4n) is 1.41. The molecule has 0 spiro atoms. The van der Waals surface area contributed by atoms with Crippen LogP contribution in [0.15, 0.2) is 29.4 Å². The molecule has 0 aliphatic carbocycles. The largest absolute Gasteiger partial charge is 0.497 e. The number of hydrogen-bond donors (Lipinski definition) is 2. The van der Waals surface area contributed by atoms with Gasteiger partial charge in [-0.05, 0) is 54.9 Å². The van der Waals surface area contributed by atoms with Crippen LogP contribution in [0.25, 0.3) is 0 Å². The van der Waals surface area contributed by atoms with E-state index in [1.54, 1.807) is 7.11 Å². The highest BCUT2D eigenvalue weighted by Gasteiger charge is 2.04. The number of thiocarbonyl (C=S) groups is 1. The average Bonchev–Trinajstić information content (AvgIpc) is 2.39. The minimum atomic E-state index is 0.145. The molecule has 1 aromatic carbocycles. The molecule has 1 aromatic rings. The number of rotatable bonds is 6. The van der Waals surface area contributed by atoms with E-state index in [4.69, 9.17) is 34.3 Å². The summed E-state index contributed by atoms with van der Waals surface area (Å²) < 4.78 is 5.11. The van der Waals surface area contributed by atoms with Gasteiger partial charge in [-0.3, -0.25) is 5.43 Å². The quantitative estimate of drug-likeness (QED) is 0.364. The fourth-order valence-corrected chi connectivity index (χ4v) is 1.58. The lowest BCUT2D eigenvalue weighted by atomic mass is 10.1. The van der Waals surface area contributed by atoms with Gasteiger partial charge in [0.05, 0.1) is 12.8 Å². The second-order valence-corrected chi connectivity index (χ2v) is 4.37. The van der Waals surface area contributed by atoms with Crippen LogP contribution in [0.5, 0.6) is 5.75 Å². The van der Waals surface area contributed by atoms with E-state index < -0.39 is 0 Å². The predicted octanol–water partition coefficient (Wildman–Crippen LogP) is 2.25. The first-order valence-corrected chi connectivity index (χ1v) is 6.44. The second kappa shape index (κ2) is 7.89. The van der Waals surface area contributed by atoms with E-state index in [0.29, 0.717) is 5.88 Å². The normalized spacial score (nSPS) is 11.1. The number of hydrazone groups is 1. The van der Waals surface area contributed by atoms with Crippen LogP contribution in [0, 0.1) is 0 Å². The number of halogens is 1. The summed E-state index contributed by atoms with van der Waals surface area (Å²) in [4.78, 5) is 0. The highest BCUT2D eigenvalue weighted by molar-refractivity contribution is 7.80. The molecule has 0 atom stereocenters. The van der Waals surface area contributed by atoms with Crippen LogP contribution < -0.4 is 15.9 Å². The third-order valence-corrected chi connectivity index (χ3v) is 2.63. The van der Waals surface area contributed by atoms with Gasteiger partial charge < -0.3 is 10.5 Å². The molecule has 6 heteroatoms. The molecule has 0 saturated heterocycles. The van der Waals surface area contributed by atoms with Crippen molar-refractivity contribution in [2.24, 2.45) is 10.8 Å². The van der Waals surface area contributed by atoms with Crippen LogP contribution in [0.4, 0.5) is 0 Å². The molecular formula is C12H16ClN3OS. The van der Waals surface area contributed by atoms with E-state index in [2.05, 4.69) is 10.5 Å². The Bertz CT molecular complexity index is 420. The zero-order chi connectivity index (χ0) is 13.4. The zero-order valence-corrected chi connectivity index (χ0v) is 11.7. The Morgan fingerprint density at radius 3 is 2.61 bits per heavy atom. The van der Waals surface area contributed by atoms with Gasteiger partial charge in [0.2, 0.25) is 0 Å². The average molecular weight is 286 g/mol. The molecule has 0 aliphatic rings. The fraction of sp³-hybridized carbons (Fsp3) is 0.333. The molecular weight excluding hydrogens is 270 g/mol. The SMILES string of the molecule is COc1ccc(C(CCCCl)=NNC(N)=S)cc1. The van der Waals surface area contributed by atoms with E-state index in [1.807, 2.05) is 24.3 Å². The Balaban J connectivity index is 2.86. The van der Waals surface area contributed by atoms with Gasteiger partial charge in [0, 0.05) is 5.88 Å². The van der Waals surface area contributed by atoms with E-state index >= 15 is 0 Å². The molecule has 0 aliphatic heterocycles. The molecule has 98 valence electrons. The topological polar surface area (TPSA) is 59.6 Å². The van der Waals surface area contributed by atoms with Crippen LogP contribution in [-0.2, 0) is 0 Å². The van der Waals surface area contributed by atoms with E-state index in [9.17, 15) is 0 Å². The molecule has 0 saturated carbocycles. The third kappa shape index (κ3) is 4.89. The number of nitrogens with one attached hydrogen (secondary N) is 1. The van der Waals surface area contributed by atoms with Gasteiger partial charge in [-0.25, -0.2) is 0 Å². The second-order valence-electron chi connectivity index (χ2n) is 3.56. The summed E-state index contributed by atoms with van der Waals surface area (Å²) in [7, 11) is 1.63. The first-order chi connectivity index (χ1) is 8.67. The summed E-state index contributed by atoms with van der Waals surface area (Å²) in [5.41, 5.74) is 9.82. The first-order valence-electron chi connectivity index (χ1n) is 5.49. The van der Waals surface area contributed by atoms with Gasteiger partial charge in [0.25, 0.3) is 0 Å². The van der Waals surface area contributed by atoms with Crippen LogP contribution in [-0.4, -0.2) is 23.8 Å². The lowest BCUT2D eigenvalue weighted by Crippen LogP contribution is -2.25. The van der Waals surface area contributed by atoms with E-state index in [0.717, 1.165) is 29.9 Å². The van der Waals surface area contributed by atoms with Crippen molar-refractivity contribution < 1.29 is 4.74 Å². The van der Waals surface area contributed by atoms with Crippen molar-refractivity contribution in [3.63, 3.8) is 0 Å². The monoisotopic (exact) mass is 285 g/mol. The van der Waals surface area contributed by atoms with Crippen LogP contribution in [0.3, 0.4) is 0 Å². The smallest absolute Gasteiger partial charge is 0.184 e. The van der Waals surface area contributed by atoms with Crippen LogP contribution in [0.1, 0.15) is 18.4 Å². The van der Waals surface area contributed by atoms with Crippen molar-refractivity contribution >= 4 is 34.6 Å². The molecule has 0 fully saturated rings. The number of methoxy groups -OCH3 is 1. The lowest BCUT2D eigenvalue weighted by Gasteiger charge is -2.07. The molecule has 0 aromatic heterocycles. The third-order valence-electron chi connectivity index (χ3n) is 2.27. The van der Waals surface area contributed by atoms with Crippen molar-refractivity contribution in [3.05, 3.63) is 29.8 Å². The van der Waals surface area contributed by atoms with Crippen LogP contribution in [0.2, 0.25) is 0 Å². The molecule has 1 rings (SSSR count). The maximum atomic E-state index is 5.70. The summed E-state index contributed by atoms with van der Waals surface area (Å²) >= 11 is 10.4. The molecule has 0 unspecified atom stereocenters. The van der Waals surface area contributed by atoms with Gasteiger partial charge in [-0.1, -0.05) is 0 Å². The molecule has 4 nitrogen and oxygen atoms in total. The molecule has 0 amide bonds. The zero-order valence-electron chi connectivity index (χ0n) is 10.1. The summed E-state index contributed by atoms with van der Waals surface area (Å²) in [5, 5.41) is 4.33. The summed E-state index contributed by atoms with van der Waals surface area (Å²) in [6.45, 7) is 0. The number of alkyl halides is 1. The standard InChI is InChI=1S/C12H16ClN3OS/c1-17-10-6-4-9(5-7-10)11(3-2-8-13)15-16-12(14)18/h4-7H,2-3,8H2,1H3,(H3,14,16,18). The molecule has 0 heterocycles. The Kier molecular flexibility index (Phi) is 6.46. The van der Waals surface area contributed by atoms with Crippen molar-refractivity contribution in [1.29, 1.82) is 0 Å². The van der Waals surface area contributed by atoms with Gasteiger partial charge in [-0.2, -0.15) is 5.10 Å². The Labute approximate surface area is 117 Å². The van der Waals surface area contributed by atoms with Crippen molar-refractivity contribution in [2.45, 2.75) is 12.8 Å². The number of ether oxygens (including phenoxy) is 1. The summed E-state index contributed by atoms with van der Waals surface area (Å²) in [6.07, 6.45) is 1.59. The molecule has 0 bridgehead atoms. The highest BCUT2D eigenvalue weighted by Crippen LogP contribution is 2.14. The summed E-state index contributed by atoms with van der Waals surface area (Å²) in [5.74, 6) is 1.39. The number of benzene rings is 1. The van der Waals surface area contributed by atoms with Gasteiger partial charge >= 0.3 is 0 Å². The number of nitrogens with two attached hydrogens (primary N) is 1. The van der Waals surface area contributed by atoms with Gasteiger partial charge in [-0.15, -0.1) is 11.6 Å². The molecule has 0 radical (unpaired) electrons. The molecule has 3 N–H and O–H groups in total. The van der Waals surface area contributed by atoms with Crippen molar-refractivity contribution in [2.75, 3.05) is 13.0 Å². The Morgan fingerprint density at radius 2 is 2.11 bits per heavy atom. The van der Waals surface area contributed by atoms with Crippen LogP contribution >= 0.6 is 23.8 Å². The minimum absolute atomic E-state index is 0.145. The minimum Gasteiger partial charge on any atom is -0.497 e. The first kappa shape index (κ1) is 14.7. The maximum Gasteiger partial charge on any atom is 0.184 e. The Morgan fingerprint density at radius 1 is 1.44 bits per heavy atom. The van der Waals surface area contributed by atoms with E-state index in [1.165, 1.54) is 0 Å². The number of hydrogen-bond acceptors (Lipinski definition) is 3. The van der Waals surface area contributed by atoms with Crippen molar-refractivity contribution in [3.8, 4) is 5.75 Å². The highest BCUT2D eigenvalue weighted by atomic mass is 35.5. The van der Waals surface area contributed by atoms with E-state index in [-0.39, 0.29) is 5.11 Å². The van der Waals surface area contributed by atoms with Gasteiger partial charge in [0.1, 0.15) is 5.75 Å².